The fraction of sp³-hybridized carbons (Fsp3) is 0.222. The van der Waals surface area contributed by atoms with Crippen LogP contribution in [0.2, 0.25) is 10.0 Å². The Morgan fingerprint density at radius 2 is 1.82 bits per heavy atom. The molecule has 92 valence electrons. The number of aromatic nitrogens is 2. The van der Waals surface area contributed by atoms with Gasteiger partial charge in [0.1, 0.15) is 0 Å². The van der Waals surface area contributed by atoms with E-state index >= 15 is 0 Å². The van der Waals surface area contributed by atoms with Crippen LogP contribution in [0, 0.1) is 6.92 Å². The lowest BCUT2D eigenvalue weighted by molar-refractivity contribution is -0.144. The van der Waals surface area contributed by atoms with Crippen LogP contribution in [0.1, 0.15) is 11.4 Å². The highest BCUT2D eigenvalue weighted by Gasteiger charge is 2.35. The number of H-pyrrole nitrogens is 1. The molecule has 0 saturated heterocycles. The third-order valence-corrected chi connectivity index (χ3v) is 4.36. The Balaban J connectivity index is 2.86. The molecule has 0 aliphatic rings. The molecule has 8 heteroatoms. The number of benzene rings is 1. The van der Waals surface area contributed by atoms with E-state index in [0.29, 0.717) is 10.0 Å². The van der Waals surface area contributed by atoms with Gasteiger partial charge in [-0.15, -0.1) is 0 Å². The van der Waals surface area contributed by atoms with E-state index in [0.717, 1.165) is 0 Å². The zero-order chi connectivity index (χ0) is 13.0. The average Bonchev–Trinajstić information content (AvgIpc) is 2.67. The van der Waals surface area contributed by atoms with Crippen LogP contribution in [-0.4, -0.2) is 9.97 Å². The number of alkyl halides is 3. The number of hydrogen-bond donors (Lipinski definition) is 1. The van der Waals surface area contributed by atoms with Crippen molar-refractivity contribution >= 4 is 50.2 Å². The van der Waals surface area contributed by atoms with E-state index in [4.69, 9.17) is 23.2 Å². The van der Waals surface area contributed by atoms with E-state index in [-0.39, 0.29) is 21.1 Å². The van der Waals surface area contributed by atoms with Crippen molar-refractivity contribution in [2.45, 2.75) is 13.1 Å². The number of hydrogen-bond acceptors (Lipinski definition) is 1. The Hall–Kier alpha value is -0.460. The van der Waals surface area contributed by atoms with E-state index < -0.39 is 12.0 Å². The highest BCUT2D eigenvalue weighted by atomic mass is 79.9. The van der Waals surface area contributed by atoms with Crippen LogP contribution in [0.25, 0.3) is 11.0 Å². The van der Waals surface area contributed by atoms with E-state index in [1.165, 1.54) is 0 Å². The second kappa shape index (κ2) is 4.03. The van der Waals surface area contributed by atoms with E-state index in [1.54, 1.807) is 6.92 Å². The van der Waals surface area contributed by atoms with Crippen LogP contribution in [0.3, 0.4) is 0 Å². The Morgan fingerprint density at radius 1 is 1.24 bits per heavy atom. The number of nitrogens with one attached hydrogen (secondary N) is 1. The zero-order valence-electron chi connectivity index (χ0n) is 8.22. The average molecular weight is 348 g/mol. The summed E-state index contributed by atoms with van der Waals surface area (Å²) in [6.45, 7) is 1.58. The van der Waals surface area contributed by atoms with Crippen LogP contribution >= 0.6 is 39.1 Å². The molecule has 0 aliphatic carbocycles. The first kappa shape index (κ1) is 13.0. The molecule has 0 amide bonds. The Labute approximate surface area is 112 Å². The minimum Gasteiger partial charge on any atom is -0.333 e. The van der Waals surface area contributed by atoms with Crippen molar-refractivity contribution in [2.24, 2.45) is 0 Å². The SMILES string of the molecule is Cc1c(Cl)c(Br)c(Cl)c2[nH]c(C(F)(F)F)nc12. The molecule has 2 nitrogen and oxygen atoms in total. The molecular formula is C9H4BrCl2F3N2. The number of halogens is 6. The number of fused-ring (bicyclic) bond motifs is 1. The molecule has 1 N–H and O–H groups in total. The lowest BCUT2D eigenvalue weighted by Gasteiger charge is -2.04. The second-order valence-corrected chi connectivity index (χ2v) is 4.92. The standard InChI is InChI=1S/C9H4BrCl2F3N2/c1-2-4(11)3(10)5(12)7-6(2)16-8(17-7)9(13,14)15/h1H3,(H,16,17). The summed E-state index contributed by atoms with van der Waals surface area (Å²) in [5.41, 5.74) is 0.674. The molecule has 17 heavy (non-hydrogen) atoms. The third kappa shape index (κ3) is 2.02. The van der Waals surface area contributed by atoms with Gasteiger partial charge in [0.25, 0.3) is 0 Å². The zero-order valence-corrected chi connectivity index (χ0v) is 11.3. The van der Waals surface area contributed by atoms with Crippen LogP contribution in [-0.2, 0) is 6.18 Å². The summed E-state index contributed by atoms with van der Waals surface area (Å²) >= 11 is 14.9. The van der Waals surface area contributed by atoms with Gasteiger partial charge in [0, 0.05) is 0 Å². The maximum absolute atomic E-state index is 12.5. The topological polar surface area (TPSA) is 28.7 Å². The van der Waals surface area contributed by atoms with Crippen molar-refractivity contribution in [1.82, 2.24) is 9.97 Å². The molecule has 0 fully saturated rings. The first-order valence-electron chi connectivity index (χ1n) is 4.33. The van der Waals surface area contributed by atoms with Crippen LogP contribution < -0.4 is 0 Å². The molecule has 0 saturated carbocycles. The van der Waals surface area contributed by atoms with Crippen molar-refractivity contribution in [3.63, 3.8) is 0 Å². The molecule has 2 rings (SSSR count). The van der Waals surface area contributed by atoms with Gasteiger partial charge in [-0.05, 0) is 28.4 Å². The Kier molecular flexibility index (Phi) is 3.08. The summed E-state index contributed by atoms with van der Waals surface area (Å²) in [6, 6.07) is 0. The van der Waals surface area contributed by atoms with Crippen LogP contribution in [0.4, 0.5) is 13.2 Å². The second-order valence-electron chi connectivity index (χ2n) is 3.37. The number of rotatable bonds is 0. The molecule has 1 aromatic heterocycles. The van der Waals surface area contributed by atoms with E-state index in [2.05, 4.69) is 25.9 Å². The molecule has 0 radical (unpaired) electrons. The van der Waals surface area contributed by atoms with Gasteiger partial charge in [0.2, 0.25) is 5.82 Å². The van der Waals surface area contributed by atoms with Crippen molar-refractivity contribution < 1.29 is 13.2 Å². The van der Waals surface area contributed by atoms with Gasteiger partial charge < -0.3 is 4.98 Å². The molecule has 1 heterocycles. The summed E-state index contributed by atoms with van der Waals surface area (Å²) in [6.07, 6.45) is -4.55. The largest absolute Gasteiger partial charge is 0.449 e. The summed E-state index contributed by atoms with van der Waals surface area (Å²) < 4.78 is 37.9. The number of aromatic amines is 1. The quantitative estimate of drug-likeness (QED) is 0.670. The smallest absolute Gasteiger partial charge is 0.333 e. The Bertz CT molecular complexity index is 562. The fourth-order valence-electron chi connectivity index (χ4n) is 1.41. The van der Waals surface area contributed by atoms with Crippen LogP contribution in [0.5, 0.6) is 0 Å². The highest BCUT2D eigenvalue weighted by molar-refractivity contribution is 9.10. The number of nitrogens with zero attached hydrogens (tertiary/aromatic N) is 1. The van der Waals surface area contributed by atoms with Crippen molar-refractivity contribution in [3.8, 4) is 0 Å². The molecular weight excluding hydrogens is 344 g/mol. The molecule has 0 atom stereocenters. The highest BCUT2D eigenvalue weighted by Crippen LogP contribution is 2.40. The predicted molar refractivity (Wildman–Crippen MR) is 63.6 cm³/mol. The van der Waals surface area contributed by atoms with Gasteiger partial charge in [-0.2, -0.15) is 13.2 Å². The summed E-state index contributed by atoms with van der Waals surface area (Å²) in [5, 5.41) is 0.335. The monoisotopic (exact) mass is 346 g/mol. The van der Waals surface area contributed by atoms with Crippen molar-refractivity contribution in [3.05, 3.63) is 25.9 Å². The van der Waals surface area contributed by atoms with Crippen molar-refractivity contribution in [2.75, 3.05) is 0 Å². The molecule has 0 aliphatic heterocycles. The molecule has 1 aromatic carbocycles. The van der Waals surface area contributed by atoms with Gasteiger partial charge in [-0.25, -0.2) is 4.98 Å². The molecule has 0 bridgehead atoms. The maximum Gasteiger partial charge on any atom is 0.449 e. The summed E-state index contributed by atoms with van der Waals surface area (Å²) in [5.74, 6) is -1.09. The maximum atomic E-state index is 12.5. The van der Waals surface area contributed by atoms with Crippen LogP contribution in [0.15, 0.2) is 4.47 Å². The van der Waals surface area contributed by atoms with Gasteiger partial charge in [0.15, 0.2) is 0 Å². The minimum atomic E-state index is -4.55. The van der Waals surface area contributed by atoms with E-state index in [9.17, 15) is 13.2 Å². The van der Waals surface area contributed by atoms with Gasteiger partial charge in [0.05, 0.1) is 25.6 Å². The fourth-order valence-corrected chi connectivity index (χ4v) is 2.37. The molecule has 0 unspecified atom stereocenters. The number of imidazole rings is 1. The predicted octanol–water partition coefficient (Wildman–Crippen LogP) is 4.96. The third-order valence-electron chi connectivity index (χ3n) is 2.26. The van der Waals surface area contributed by atoms with Gasteiger partial charge >= 0.3 is 6.18 Å². The molecule has 2 aromatic rings. The van der Waals surface area contributed by atoms with Crippen molar-refractivity contribution in [1.29, 1.82) is 0 Å². The first-order chi connectivity index (χ1) is 7.73. The summed E-state index contributed by atoms with van der Waals surface area (Å²) in [7, 11) is 0. The minimum absolute atomic E-state index is 0.0820. The Morgan fingerprint density at radius 3 is 2.35 bits per heavy atom. The van der Waals surface area contributed by atoms with Gasteiger partial charge in [-0.3, -0.25) is 0 Å². The number of aryl methyl sites for hydroxylation is 1. The lowest BCUT2D eigenvalue weighted by atomic mass is 10.2. The normalized spacial score (nSPS) is 12.4. The van der Waals surface area contributed by atoms with E-state index in [1.807, 2.05) is 0 Å². The molecule has 0 spiro atoms. The first-order valence-corrected chi connectivity index (χ1v) is 5.88. The van der Waals surface area contributed by atoms with Gasteiger partial charge in [-0.1, -0.05) is 23.2 Å². The summed E-state index contributed by atoms with van der Waals surface area (Å²) in [4.78, 5) is 5.63. The lowest BCUT2D eigenvalue weighted by Crippen LogP contribution is -2.06.